The number of thiophene rings is 1. The Morgan fingerprint density at radius 3 is 2.47 bits per heavy atom. The molecular weight excluding hydrogens is 438 g/mol. The minimum absolute atomic E-state index is 0.358. The summed E-state index contributed by atoms with van der Waals surface area (Å²) in [4.78, 5) is 6.82. The molecule has 1 aliphatic rings. The fourth-order valence-electron chi connectivity index (χ4n) is 3.44. The van der Waals surface area contributed by atoms with Crippen LogP contribution in [0.25, 0.3) is 10.6 Å². The summed E-state index contributed by atoms with van der Waals surface area (Å²) in [5, 5.41) is 4.81. The summed E-state index contributed by atoms with van der Waals surface area (Å²) < 4.78 is 33.8. The van der Waals surface area contributed by atoms with Gasteiger partial charge in [0, 0.05) is 42.5 Å². The normalized spacial score (nSPS) is 15.7. The predicted octanol–water partition coefficient (Wildman–Crippen LogP) is 4.51. The second-order valence-corrected chi connectivity index (χ2v) is 11.4. The molecule has 0 aliphatic carbocycles. The Balaban J connectivity index is 1.48. The molecule has 0 unspecified atom stereocenters. The molecule has 4 rings (SSSR count). The molecule has 160 valence electrons. The van der Waals surface area contributed by atoms with Gasteiger partial charge in [-0.15, -0.1) is 22.7 Å². The van der Waals surface area contributed by atoms with Gasteiger partial charge in [-0.3, -0.25) is 0 Å². The molecule has 3 heterocycles. The van der Waals surface area contributed by atoms with E-state index < -0.39 is 10.0 Å². The van der Waals surface area contributed by atoms with Gasteiger partial charge in [0.1, 0.15) is 15.0 Å². The van der Waals surface area contributed by atoms with E-state index in [0.717, 1.165) is 27.7 Å². The molecule has 0 bridgehead atoms. The van der Waals surface area contributed by atoms with E-state index >= 15 is 0 Å². The van der Waals surface area contributed by atoms with Gasteiger partial charge in [-0.2, -0.15) is 4.31 Å². The Kier molecular flexibility index (Phi) is 6.15. The summed E-state index contributed by atoms with van der Waals surface area (Å²) in [5.41, 5.74) is 2.92. The number of ether oxygens (including phenoxy) is 1. The van der Waals surface area contributed by atoms with E-state index in [-0.39, 0.29) is 0 Å². The monoisotopic (exact) mass is 463 g/mol. The highest BCUT2D eigenvalue weighted by Gasteiger charge is 2.30. The smallest absolute Gasteiger partial charge is 0.252 e. The number of aromatic nitrogens is 1. The highest BCUT2D eigenvalue weighted by atomic mass is 32.2. The van der Waals surface area contributed by atoms with Crippen molar-refractivity contribution in [3.05, 3.63) is 46.8 Å². The Bertz CT molecular complexity index is 1110. The van der Waals surface area contributed by atoms with Crippen LogP contribution in [0.15, 0.2) is 45.3 Å². The molecule has 0 amide bonds. The fourth-order valence-corrected chi connectivity index (χ4v) is 7.22. The number of benzene rings is 1. The Hall–Kier alpha value is -1.94. The van der Waals surface area contributed by atoms with Gasteiger partial charge in [0.15, 0.2) is 0 Å². The van der Waals surface area contributed by atoms with Gasteiger partial charge in [-0.25, -0.2) is 13.4 Å². The lowest BCUT2D eigenvalue weighted by atomic mass is 10.2. The zero-order valence-corrected chi connectivity index (χ0v) is 19.7. The topological polar surface area (TPSA) is 62.7 Å². The highest BCUT2D eigenvalue weighted by molar-refractivity contribution is 7.91. The van der Waals surface area contributed by atoms with Crippen molar-refractivity contribution in [3.63, 3.8) is 0 Å². The van der Waals surface area contributed by atoms with Crippen LogP contribution in [0.1, 0.15) is 25.5 Å². The van der Waals surface area contributed by atoms with E-state index in [9.17, 15) is 8.42 Å². The maximum Gasteiger partial charge on any atom is 0.252 e. The number of nitrogens with zero attached hydrogens (tertiary/aromatic N) is 3. The molecule has 2 aromatic heterocycles. The molecule has 9 heteroatoms. The largest absolute Gasteiger partial charge is 0.495 e. The number of hydrogen-bond donors (Lipinski definition) is 0. The van der Waals surface area contributed by atoms with Crippen molar-refractivity contribution in [2.24, 2.45) is 0 Å². The summed E-state index contributed by atoms with van der Waals surface area (Å²) in [6.45, 7) is 6.36. The molecule has 1 aromatic carbocycles. The minimum atomic E-state index is -3.51. The van der Waals surface area contributed by atoms with Gasteiger partial charge in [0.25, 0.3) is 10.0 Å². The molecule has 30 heavy (non-hydrogen) atoms. The molecule has 0 radical (unpaired) electrons. The van der Waals surface area contributed by atoms with Crippen LogP contribution in [0.5, 0.6) is 5.75 Å². The van der Waals surface area contributed by atoms with Crippen LogP contribution in [0.2, 0.25) is 0 Å². The average Bonchev–Trinajstić information content (AvgIpc) is 3.44. The molecule has 0 spiro atoms. The first-order valence-electron chi connectivity index (χ1n) is 9.82. The van der Waals surface area contributed by atoms with E-state index in [1.165, 1.54) is 11.3 Å². The maximum atomic E-state index is 13.2. The van der Waals surface area contributed by atoms with Crippen LogP contribution >= 0.6 is 22.7 Å². The molecule has 0 atom stereocenters. The Morgan fingerprint density at radius 1 is 1.07 bits per heavy atom. The van der Waals surface area contributed by atoms with Crippen molar-refractivity contribution in [1.29, 1.82) is 0 Å². The summed E-state index contributed by atoms with van der Waals surface area (Å²) in [5.74, 6) is 1.16. The number of rotatable bonds is 6. The lowest BCUT2D eigenvalue weighted by Gasteiger charge is -2.35. The Morgan fingerprint density at radius 2 is 1.80 bits per heavy atom. The number of sulfonamides is 1. The van der Waals surface area contributed by atoms with Crippen LogP contribution in [0, 0.1) is 0 Å². The standard InChI is InChI=1S/C21H25N3O3S3/c1-15(2)17-14-29-21(22-17)16-12-20(28-13-16)30(25,26)24-10-8-23(9-11-24)18-6-4-5-7-19(18)27-3/h4-7,12-15H,8-11H2,1-3H3. The molecular formula is C21H25N3O3S3. The second kappa shape index (κ2) is 8.66. The second-order valence-electron chi connectivity index (χ2n) is 7.45. The number of thiazole rings is 1. The molecule has 1 fully saturated rings. The minimum Gasteiger partial charge on any atom is -0.495 e. The summed E-state index contributed by atoms with van der Waals surface area (Å²) in [6.07, 6.45) is 0. The number of para-hydroxylation sites is 2. The summed E-state index contributed by atoms with van der Waals surface area (Å²) >= 11 is 2.83. The number of methoxy groups -OCH3 is 1. The lowest BCUT2D eigenvalue weighted by molar-refractivity contribution is 0.379. The van der Waals surface area contributed by atoms with Gasteiger partial charge in [0.2, 0.25) is 0 Å². The molecule has 1 saturated heterocycles. The molecule has 0 saturated carbocycles. The van der Waals surface area contributed by atoms with Gasteiger partial charge in [-0.1, -0.05) is 26.0 Å². The van der Waals surface area contributed by atoms with Crippen molar-refractivity contribution in [2.75, 3.05) is 38.2 Å². The quantitative estimate of drug-likeness (QED) is 0.538. The first-order chi connectivity index (χ1) is 14.4. The molecule has 1 aliphatic heterocycles. The van der Waals surface area contributed by atoms with Crippen LogP contribution < -0.4 is 9.64 Å². The van der Waals surface area contributed by atoms with Crippen molar-refractivity contribution in [3.8, 4) is 16.3 Å². The average molecular weight is 464 g/mol. The van der Waals surface area contributed by atoms with Crippen LogP contribution in [0.3, 0.4) is 0 Å². The highest BCUT2D eigenvalue weighted by Crippen LogP contribution is 2.34. The lowest BCUT2D eigenvalue weighted by Crippen LogP contribution is -2.48. The van der Waals surface area contributed by atoms with Crippen molar-refractivity contribution < 1.29 is 13.2 Å². The van der Waals surface area contributed by atoms with Gasteiger partial charge >= 0.3 is 0 Å². The molecule has 6 nitrogen and oxygen atoms in total. The van der Waals surface area contributed by atoms with E-state index in [2.05, 4.69) is 23.7 Å². The fraction of sp³-hybridized carbons (Fsp3) is 0.381. The number of piperazine rings is 1. The zero-order chi connectivity index (χ0) is 21.3. The maximum absolute atomic E-state index is 13.2. The van der Waals surface area contributed by atoms with Gasteiger partial charge < -0.3 is 9.64 Å². The summed E-state index contributed by atoms with van der Waals surface area (Å²) in [7, 11) is -1.86. The molecule has 3 aromatic rings. The van der Waals surface area contributed by atoms with Crippen LogP contribution in [-0.4, -0.2) is 51.0 Å². The van der Waals surface area contributed by atoms with Gasteiger partial charge in [0.05, 0.1) is 18.5 Å². The first-order valence-corrected chi connectivity index (χ1v) is 13.0. The number of hydrogen-bond acceptors (Lipinski definition) is 7. The summed E-state index contributed by atoms with van der Waals surface area (Å²) in [6, 6.07) is 9.60. The first kappa shape index (κ1) is 21.3. The number of anilines is 1. The van der Waals surface area contributed by atoms with Crippen molar-refractivity contribution in [1.82, 2.24) is 9.29 Å². The SMILES string of the molecule is COc1ccccc1N1CCN(S(=O)(=O)c2cc(-c3nc(C(C)C)cs3)cs2)CC1. The predicted molar refractivity (Wildman–Crippen MR) is 123 cm³/mol. The van der Waals surface area contributed by atoms with E-state index in [1.54, 1.807) is 28.8 Å². The third kappa shape index (κ3) is 4.12. The molecule has 0 N–H and O–H groups in total. The van der Waals surface area contributed by atoms with E-state index in [1.807, 2.05) is 35.0 Å². The third-order valence-corrected chi connectivity index (χ3v) is 9.42. The van der Waals surface area contributed by atoms with Crippen LogP contribution in [-0.2, 0) is 10.0 Å². The van der Waals surface area contributed by atoms with E-state index in [4.69, 9.17) is 4.74 Å². The third-order valence-electron chi connectivity index (χ3n) is 5.19. The Labute approximate surface area is 185 Å². The van der Waals surface area contributed by atoms with Gasteiger partial charge in [-0.05, 0) is 24.1 Å². The van der Waals surface area contributed by atoms with Crippen molar-refractivity contribution in [2.45, 2.75) is 24.0 Å². The zero-order valence-electron chi connectivity index (χ0n) is 17.2. The van der Waals surface area contributed by atoms with Crippen LogP contribution in [0.4, 0.5) is 5.69 Å². The van der Waals surface area contributed by atoms with Crippen molar-refractivity contribution >= 4 is 38.4 Å². The van der Waals surface area contributed by atoms with E-state index in [0.29, 0.717) is 36.3 Å².